The van der Waals surface area contributed by atoms with Crippen molar-refractivity contribution in [3.05, 3.63) is 0 Å². The third kappa shape index (κ3) is 1.69. The van der Waals surface area contributed by atoms with Crippen molar-refractivity contribution in [2.24, 2.45) is 11.8 Å². The van der Waals surface area contributed by atoms with E-state index in [-0.39, 0.29) is 12.4 Å². The molecule has 0 radical (unpaired) electrons. The van der Waals surface area contributed by atoms with Gasteiger partial charge in [-0.05, 0) is 25.2 Å². The Balaban J connectivity index is 2.01. The van der Waals surface area contributed by atoms with E-state index in [9.17, 15) is 0 Å². The molecule has 1 N–H and O–H groups in total. The quantitative estimate of drug-likeness (QED) is 0.751. The Hall–Kier alpha value is -0.120. The van der Waals surface area contributed by atoms with E-state index < -0.39 is 0 Å². The van der Waals surface area contributed by atoms with Gasteiger partial charge in [0.05, 0.1) is 13.2 Å². The highest BCUT2D eigenvalue weighted by atomic mass is 16.7. The fraction of sp³-hybridized carbons (Fsp3) is 1.00. The van der Waals surface area contributed by atoms with Gasteiger partial charge in [-0.25, -0.2) is 0 Å². The van der Waals surface area contributed by atoms with Gasteiger partial charge >= 0.3 is 0 Å². The van der Waals surface area contributed by atoms with Crippen LogP contribution in [0.2, 0.25) is 0 Å². The molecule has 1 aliphatic heterocycles. The van der Waals surface area contributed by atoms with Gasteiger partial charge in [-0.15, -0.1) is 0 Å². The van der Waals surface area contributed by atoms with Crippen LogP contribution in [0.4, 0.5) is 0 Å². The van der Waals surface area contributed by atoms with Crippen LogP contribution in [-0.4, -0.2) is 30.7 Å². The van der Waals surface area contributed by atoms with E-state index in [0.29, 0.717) is 11.8 Å². The van der Waals surface area contributed by atoms with Crippen molar-refractivity contribution in [2.45, 2.75) is 38.4 Å². The molecule has 2 rings (SSSR count). The van der Waals surface area contributed by atoms with Crippen LogP contribution in [0.15, 0.2) is 0 Å². The molecule has 1 aliphatic carbocycles. The first-order valence-electron chi connectivity index (χ1n) is 5.67. The lowest BCUT2D eigenvalue weighted by Gasteiger charge is -2.31. The van der Waals surface area contributed by atoms with Gasteiger partial charge in [-0.3, -0.25) is 0 Å². The van der Waals surface area contributed by atoms with Crippen LogP contribution in [-0.2, 0) is 9.47 Å². The largest absolute Gasteiger partial charge is 0.396 e. The molecule has 2 atom stereocenters. The van der Waals surface area contributed by atoms with Gasteiger partial charge in [0.25, 0.3) is 0 Å². The molecule has 1 saturated heterocycles. The minimum atomic E-state index is -0.283. The van der Waals surface area contributed by atoms with E-state index in [0.717, 1.165) is 32.5 Å². The van der Waals surface area contributed by atoms with Gasteiger partial charge in [-0.2, -0.15) is 0 Å². The maximum Gasteiger partial charge on any atom is 0.171 e. The minimum Gasteiger partial charge on any atom is -0.396 e. The molecule has 0 aromatic heterocycles. The van der Waals surface area contributed by atoms with E-state index in [1.54, 1.807) is 0 Å². The predicted octanol–water partition coefficient (Wildman–Crippen LogP) is 1.55. The molecule has 3 nitrogen and oxygen atoms in total. The standard InChI is InChI=1S/C11H20O3/c1-9-4-5-11(13-7-8-14-11)10(9)3-2-6-12/h9-10,12H,2-8H2,1H3/t9-,10-/m0/s1. The van der Waals surface area contributed by atoms with E-state index in [2.05, 4.69) is 6.92 Å². The molecule has 0 aromatic rings. The van der Waals surface area contributed by atoms with Gasteiger partial charge < -0.3 is 14.6 Å². The smallest absolute Gasteiger partial charge is 0.171 e. The van der Waals surface area contributed by atoms with E-state index >= 15 is 0 Å². The molecule has 0 amide bonds. The summed E-state index contributed by atoms with van der Waals surface area (Å²) in [6.45, 7) is 4.02. The second-order valence-corrected chi connectivity index (χ2v) is 4.50. The molecule has 0 bridgehead atoms. The number of hydrogen-bond donors (Lipinski definition) is 1. The summed E-state index contributed by atoms with van der Waals surface area (Å²) in [5, 5.41) is 8.86. The summed E-state index contributed by atoms with van der Waals surface area (Å²) in [6, 6.07) is 0. The molecular weight excluding hydrogens is 180 g/mol. The number of rotatable bonds is 3. The van der Waals surface area contributed by atoms with Crippen LogP contribution in [0, 0.1) is 11.8 Å². The molecular formula is C11H20O3. The molecule has 0 aromatic carbocycles. The van der Waals surface area contributed by atoms with Gasteiger partial charge in [0.15, 0.2) is 5.79 Å². The molecule has 1 spiro atoms. The van der Waals surface area contributed by atoms with Crippen molar-refractivity contribution in [3.8, 4) is 0 Å². The van der Waals surface area contributed by atoms with Crippen molar-refractivity contribution >= 4 is 0 Å². The third-order valence-electron chi connectivity index (χ3n) is 3.65. The summed E-state index contributed by atoms with van der Waals surface area (Å²) >= 11 is 0. The first-order valence-corrected chi connectivity index (χ1v) is 5.67. The number of aliphatic hydroxyl groups excluding tert-OH is 1. The van der Waals surface area contributed by atoms with Crippen LogP contribution in [0.1, 0.15) is 32.6 Å². The fourth-order valence-corrected chi connectivity index (χ4v) is 2.89. The molecule has 1 heterocycles. The molecule has 14 heavy (non-hydrogen) atoms. The summed E-state index contributed by atoms with van der Waals surface area (Å²) in [4.78, 5) is 0. The Bertz CT molecular complexity index is 187. The second-order valence-electron chi connectivity index (χ2n) is 4.50. The lowest BCUT2D eigenvalue weighted by Crippen LogP contribution is -2.36. The van der Waals surface area contributed by atoms with E-state index in [4.69, 9.17) is 14.6 Å². The Morgan fingerprint density at radius 2 is 2.07 bits per heavy atom. The highest BCUT2D eigenvalue weighted by molar-refractivity contribution is 4.92. The summed E-state index contributed by atoms with van der Waals surface area (Å²) in [5.41, 5.74) is 0. The Kier molecular flexibility index (Phi) is 3.10. The van der Waals surface area contributed by atoms with Crippen LogP contribution in [0.5, 0.6) is 0 Å². The van der Waals surface area contributed by atoms with Gasteiger partial charge in [0.2, 0.25) is 0 Å². The minimum absolute atomic E-state index is 0.277. The Labute approximate surface area is 85.4 Å². The van der Waals surface area contributed by atoms with E-state index in [1.807, 2.05) is 0 Å². The highest BCUT2D eigenvalue weighted by Gasteiger charge is 2.50. The molecule has 82 valence electrons. The number of hydrogen-bond acceptors (Lipinski definition) is 3. The van der Waals surface area contributed by atoms with E-state index in [1.165, 1.54) is 6.42 Å². The summed E-state index contributed by atoms with van der Waals surface area (Å²) < 4.78 is 11.6. The first kappa shape index (κ1) is 10.4. The molecule has 0 unspecified atom stereocenters. The van der Waals surface area contributed by atoms with Gasteiger partial charge in [0.1, 0.15) is 0 Å². The van der Waals surface area contributed by atoms with Crippen molar-refractivity contribution in [1.29, 1.82) is 0 Å². The van der Waals surface area contributed by atoms with Gasteiger partial charge in [-0.1, -0.05) is 6.92 Å². The number of ether oxygens (including phenoxy) is 2. The zero-order valence-electron chi connectivity index (χ0n) is 8.87. The van der Waals surface area contributed by atoms with Crippen molar-refractivity contribution in [1.82, 2.24) is 0 Å². The summed E-state index contributed by atoms with van der Waals surface area (Å²) in [5.74, 6) is 0.867. The van der Waals surface area contributed by atoms with Crippen molar-refractivity contribution in [3.63, 3.8) is 0 Å². The molecule has 2 aliphatic rings. The predicted molar refractivity (Wildman–Crippen MR) is 52.8 cm³/mol. The zero-order chi connectivity index (χ0) is 10.0. The maximum absolute atomic E-state index is 8.86. The lowest BCUT2D eigenvalue weighted by molar-refractivity contribution is -0.187. The Morgan fingerprint density at radius 3 is 2.71 bits per heavy atom. The Morgan fingerprint density at radius 1 is 1.36 bits per heavy atom. The van der Waals surface area contributed by atoms with Crippen LogP contribution >= 0.6 is 0 Å². The fourth-order valence-electron chi connectivity index (χ4n) is 2.89. The van der Waals surface area contributed by atoms with Gasteiger partial charge in [0, 0.05) is 18.9 Å². The average molecular weight is 200 g/mol. The normalized spacial score (nSPS) is 35.6. The lowest BCUT2D eigenvalue weighted by atomic mass is 9.90. The van der Waals surface area contributed by atoms with Crippen LogP contribution in [0.3, 0.4) is 0 Å². The van der Waals surface area contributed by atoms with Crippen molar-refractivity contribution < 1.29 is 14.6 Å². The van der Waals surface area contributed by atoms with Crippen LogP contribution in [0.25, 0.3) is 0 Å². The third-order valence-corrected chi connectivity index (χ3v) is 3.65. The topological polar surface area (TPSA) is 38.7 Å². The van der Waals surface area contributed by atoms with Crippen LogP contribution < -0.4 is 0 Å². The SMILES string of the molecule is C[C@H]1CCC2(OCCO2)[C@H]1CCCO. The highest BCUT2D eigenvalue weighted by Crippen LogP contribution is 2.47. The maximum atomic E-state index is 8.86. The summed E-state index contributed by atoms with van der Waals surface area (Å²) in [7, 11) is 0. The second kappa shape index (κ2) is 4.17. The number of aliphatic hydroxyl groups is 1. The molecule has 3 heteroatoms. The summed E-state index contributed by atoms with van der Waals surface area (Å²) in [6.07, 6.45) is 4.11. The molecule has 1 saturated carbocycles. The van der Waals surface area contributed by atoms with Crippen molar-refractivity contribution in [2.75, 3.05) is 19.8 Å². The zero-order valence-corrected chi connectivity index (χ0v) is 8.87. The average Bonchev–Trinajstić information content (AvgIpc) is 2.75. The monoisotopic (exact) mass is 200 g/mol. The first-order chi connectivity index (χ1) is 6.78. The molecule has 2 fully saturated rings.